The minimum Gasteiger partial charge on any atom is -0.302 e. The summed E-state index contributed by atoms with van der Waals surface area (Å²) in [5.74, 6) is 0. The topological polar surface area (TPSA) is 3.24 Å². The molecular formula is C20H25N. The van der Waals surface area contributed by atoms with Crippen LogP contribution in [0.1, 0.15) is 37.5 Å². The Morgan fingerprint density at radius 3 is 2.38 bits per heavy atom. The van der Waals surface area contributed by atoms with Crippen molar-refractivity contribution in [2.75, 3.05) is 13.6 Å². The highest BCUT2D eigenvalue weighted by molar-refractivity contribution is 5.70. The molecule has 0 saturated heterocycles. The van der Waals surface area contributed by atoms with Crippen molar-refractivity contribution < 1.29 is 0 Å². The van der Waals surface area contributed by atoms with Crippen molar-refractivity contribution in [3.8, 4) is 11.1 Å². The molecule has 0 radical (unpaired) electrons. The van der Waals surface area contributed by atoms with Gasteiger partial charge in [-0.3, -0.25) is 0 Å². The van der Waals surface area contributed by atoms with Gasteiger partial charge in [0.1, 0.15) is 0 Å². The first-order chi connectivity index (χ1) is 9.95. The predicted molar refractivity (Wildman–Crippen MR) is 90.6 cm³/mol. The predicted octanol–water partition coefficient (Wildman–Crippen LogP) is 4.64. The summed E-state index contributed by atoms with van der Waals surface area (Å²) in [4.78, 5) is 2.42. The average molecular weight is 279 g/mol. The second-order valence-electron chi connectivity index (χ2n) is 7.27. The van der Waals surface area contributed by atoms with Crippen LogP contribution in [0.5, 0.6) is 0 Å². The fourth-order valence-electron chi connectivity index (χ4n) is 3.15. The molecule has 0 spiro atoms. The molecule has 1 heteroatoms. The Balaban J connectivity index is 2.20. The highest BCUT2D eigenvalue weighted by Gasteiger charge is 2.22. The summed E-state index contributed by atoms with van der Waals surface area (Å²) in [7, 11) is 2.22. The van der Waals surface area contributed by atoms with Crippen LogP contribution in [0.3, 0.4) is 0 Å². The highest BCUT2D eigenvalue weighted by Crippen LogP contribution is 2.35. The number of hydrogen-bond acceptors (Lipinski definition) is 1. The van der Waals surface area contributed by atoms with E-state index in [0.717, 1.165) is 19.5 Å². The summed E-state index contributed by atoms with van der Waals surface area (Å²) >= 11 is 0. The zero-order chi connectivity index (χ0) is 15.0. The number of likely N-dealkylation sites (N-methyl/N-ethyl adjacent to an activating group) is 1. The Hall–Kier alpha value is -1.60. The zero-order valence-corrected chi connectivity index (χ0v) is 13.6. The lowest BCUT2D eigenvalue weighted by molar-refractivity contribution is 0.313. The Bertz CT molecular complexity index is 635. The molecule has 1 aliphatic rings. The summed E-state index contributed by atoms with van der Waals surface area (Å²) in [6.07, 6.45) is 1.15. The van der Waals surface area contributed by atoms with Gasteiger partial charge >= 0.3 is 0 Å². The molecule has 3 rings (SSSR count). The molecule has 1 aliphatic heterocycles. The molecule has 0 bridgehead atoms. The van der Waals surface area contributed by atoms with E-state index in [1.807, 2.05) is 0 Å². The number of benzene rings is 2. The number of rotatable bonds is 1. The largest absolute Gasteiger partial charge is 0.302 e. The van der Waals surface area contributed by atoms with Crippen LogP contribution in [0.25, 0.3) is 11.1 Å². The molecule has 0 amide bonds. The monoisotopic (exact) mass is 279 g/mol. The quantitative estimate of drug-likeness (QED) is 0.735. The standard InChI is InChI=1S/C20H25N/c1-20(2,3)17-12-16-14-21(4)11-10-18(16)19(13-17)15-8-6-5-7-9-15/h5-9,12-13H,10-11,14H2,1-4H3. The molecule has 1 nitrogen and oxygen atoms in total. The van der Waals surface area contributed by atoms with Gasteiger partial charge in [0.05, 0.1) is 0 Å². The van der Waals surface area contributed by atoms with Crippen LogP contribution in [0.15, 0.2) is 42.5 Å². The normalized spacial score (nSPS) is 15.8. The van der Waals surface area contributed by atoms with Crippen LogP contribution in [0, 0.1) is 0 Å². The van der Waals surface area contributed by atoms with Crippen molar-refractivity contribution >= 4 is 0 Å². The van der Waals surface area contributed by atoms with E-state index in [1.165, 1.54) is 22.3 Å². The van der Waals surface area contributed by atoms with Crippen molar-refractivity contribution in [2.24, 2.45) is 0 Å². The number of fused-ring (bicyclic) bond motifs is 1. The zero-order valence-electron chi connectivity index (χ0n) is 13.6. The number of nitrogens with zero attached hydrogens (tertiary/aromatic N) is 1. The van der Waals surface area contributed by atoms with E-state index < -0.39 is 0 Å². The summed E-state index contributed by atoms with van der Waals surface area (Å²) in [5, 5.41) is 0. The van der Waals surface area contributed by atoms with Gasteiger partial charge in [0.2, 0.25) is 0 Å². The molecule has 0 fully saturated rings. The molecule has 0 aromatic heterocycles. The van der Waals surface area contributed by atoms with Gasteiger partial charge in [-0.2, -0.15) is 0 Å². The van der Waals surface area contributed by atoms with Crippen molar-refractivity contribution in [2.45, 2.75) is 39.2 Å². The fraction of sp³-hybridized carbons (Fsp3) is 0.400. The molecule has 0 aliphatic carbocycles. The van der Waals surface area contributed by atoms with Gasteiger partial charge in [-0.1, -0.05) is 63.2 Å². The van der Waals surface area contributed by atoms with E-state index in [9.17, 15) is 0 Å². The molecule has 0 atom stereocenters. The van der Waals surface area contributed by atoms with Crippen molar-refractivity contribution in [1.29, 1.82) is 0 Å². The van der Waals surface area contributed by atoms with Gasteiger partial charge in [0.25, 0.3) is 0 Å². The van der Waals surface area contributed by atoms with Gasteiger partial charge in [-0.05, 0) is 46.7 Å². The third-order valence-electron chi connectivity index (χ3n) is 4.48. The van der Waals surface area contributed by atoms with Gasteiger partial charge in [-0.15, -0.1) is 0 Å². The first-order valence-electron chi connectivity index (χ1n) is 7.85. The second kappa shape index (κ2) is 5.31. The van der Waals surface area contributed by atoms with Crippen LogP contribution in [-0.4, -0.2) is 18.5 Å². The van der Waals surface area contributed by atoms with Crippen LogP contribution < -0.4 is 0 Å². The first-order valence-corrected chi connectivity index (χ1v) is 7.85. The molecule has 110 valence electrons. The molecular weight excluding hydrogens is 254 g/mol. The van der Waals surface area contributed by atoms with Gasteiger partial charge in [0, 0.05) is 13.1 Å². The Kier molecular flexibility index (Phi) is 3.62. The Morgan fingerprint density at radius 2 is 1.71 bits per heavy atom. The van der Waals surface area contributed by atoms with Crippen LogP contribution in [0.4, 0.5) is 0 Å². The number of hydrogen-bond donors (Lipinski definition) is 0. The molecule has 0 saturated carbocycles. The van der Waals surface area contributed by atoms with Gasteiger partial charge in [0.15, 0.2) is 0 Å². The fourth-order valence-corrected chi connectivity index (χ4v) is 3.15. The summed E-state index contributed by atoms with van der Waals surface area (Å²) in [6, 6.07) is 15.7. The molecule has 21 heavy (non-hydrogen) atoms. The average Bonchev–Trinajstić information content (AvgIpc) is 2.45. The maximum absolute atomic E-state index is 2.43. The lowest BCUT2D eigenvalue weighted by Crippen LogP contribution is -2.27. The SMILES string of the molecule is CN1CCc2c(cc(C(C)(C)C)cc2-c2ccccc2)C1. The van der Waals surface area contributed by atoms with E-state index >= 15 is 0 Å². The maximum Gasteiger partial charge on any atom is 0.0233 e. The van der Waals surface area contributed by atoms with E-state index in [4.69, 9.17) is 0 Å². The summed E-state index contributed by atoms with van der Waals surface area (Å²) in [6.45, 7) is 9.13. The Morgan fingerprint density at radius 1 is 1.00 bits per heavy atom. The van der Waals surface area contributed by atoms with Gasteiger partial charge < -0.3 is 4.90 Å². The molecule has 2 aromatic carbocycles. The molecule has 0 unspecified atom stereocenters. The third-order valence-corrected chi connectivity index (χ3v) is 4.48. The van der Waals surface area contributed by atoms with E-state index in [2.05, 4.69) is 75.2 Å². The smallest absolute Gasteiger partial charge is 0.0233 e. The summed E-state index contributed by atoms with van der Waals surface area (Å²) < 4.78 is 0. The van der Waals surface area contributed by atoms with E-state index in [-0.39, 0.29) is 5.41 Å². The lowest BCUT2D eigenvalue weighted by Gasteiger charge is -2.30. The molecule has 0 N–H and O–H groups in total. The Labute approximate surface area is 128 Å². The molecule has 2 aromatic rings. The second-order valence-corrected chi connectivity index (χ2v) is 7.27. The lowest BCUT2D eigenvalue weighted by atomic mass is 9.80. The minimum atomic E-state index is 0.189. The van der Waals surface area contributed by atoms with Crippen molar-refractivity contribution in [1.82, 2.24) is 4.90 Å². The van der Waals surface area contributed by atoms with Crippen molar-refractivity contribution in [3.05, 3.63) is 59.2 Å². The third kappa shape index (κ3) is 2.89. The molecule has 1 heterocycles. The maximum atomic E-state index is 2.43. The van der Waals surface area contributed by atoms with Crippen LogP contribution in [0.2, 0.25) is 0 Å². The minimum absolute atomic E-state index is 0.189. The van der Waals surface area contributed by atoms with Crippen LogP contribution in [-0.2, 0) is 18.4 Å². The van der Waals surface area contributed by atoms with E-state index in [1.54, 1.807) is 5.56 Å². The van der Waals surface area contributed by atoms with Crippen molar-refractivity contribution in [3.63, 3.8) is 0 Å². The summed E-state index contributed by atoms with van der Waals surface area (Å²) in [5.41, 5.74) is 7.47. The van der Waals surface area contributed by atoms with Gasteiger partial charge in [-0.25, -0.2) is 0 Å². The van der Waals surface area contributed by atoms with Crippen LogP contribution >= 0.6 is 0 Å². The first kappa shape index (κ1) is 14.3. The van der Waals surface area contributed by atoms with E-state index in [0.29, 0.717) is 0 Å². The highest BCUT2D eigenvalue weighted by atomic mass is 15.1.